The van der Waals surface area contributed by atoms with Gasteiger partial charge in [-0.25, -0.2) is 9.50 Å². The van der Waals surface area contributed by atoms with Crippen molar-refractivity contribution < 1.29 is 0 Å². The van der Waals surface area contributed by atoms with Crippen LogP contribution in [0.2, 0.25) is 0 Å². The van der Waals surface area contributed by atoms with Crippen molar-refractivity contribution in [1.29, 1.82) is 0 Å². The maximum Gasteiger partial charge on any atom is 0.153 e. The van der Waals surface area contributed by atoms with Crippen molar-refractivity contribution in [3.05, 3.63) is 31.2 Å². The van der Waals surface area contributed by atoms with Gasteiger partial charge in [0.15, 0.2) is 5.65 Å². The van der Waals surface area contributed by atoms with E-state index in [4.69, 9.17) is 0 Å². The highest BCUT2D eigenvalue weighted by Gasteiger charge is 1.94. The Morgan fingerprint density at radius 2 is 2.40 bits per heavy atom. The molecule has 0 aliphatic rings. The minimum absolute atomic E-state index is 0.944. The molecule has 0 bridgehead atoms. The van der Waals surface area contributed by atoms with E-state index in [1.54, 1.807) is 12.4 Å². The molecule has 3 heteroatoms. The fourth-order valence-corrected chi connectivity index (χ4v) is 0.987. The molecule has 2 rings (SSSR count). The summed E-state index contributed by atoms with van der Waals surface area (Å²) in [6.45, 7) is 3.65. The molecule has 0 radical (unpaired) electrons. The van der Waals surface area contributed by atoms with Crippen LogP contribution >= 0.6 is 0 Å². The van der Waals surface area contributed by atoms with Gasteiger partial charge in [-0.1, -0.05) is 6.58 Å². The van der Waals surface area contributed by atoms with Gasteiger partial charge in [-0.2, -0.15) is 0 Å². The Morgan fingerprint density at radius 1 is 1.50 bits per heavy atom. The summed E-state index contributed by atoms with van der Waals surface area (Å²) < 4.78 is 3.77. The van der Waals surface area contributed by atoms with Crippen LogP contribution in [0.1, 0.15) is 0 Å². The SMILES string of the molecule is C=Cn1ccc2nccn21. The summed E-state index contributed by atoms with van der Waals surface area (Å²) in [5, 5.41) is 0. The van der Waals surface area contributed by atoms with Gasteiger partial charge in [0.05, 0.1) is 0 Å². The standard InChI is InChI=1S/C7H7N3/c1-2-9-5-3-7-8-4-6-10(7)9/h2-6H,1H2. The maximum absolute atomic E-state index is 4.08. The first-order chi connectivity index (χ1) is 4.92. The molecule has 0 unspecified atom stereocenters. The van der Waals surface area contributed by atoms with Crippen molar-refractivity contribution >= 4 is 11.8 Å². The molecule has 2 heterocycles. The molecule has 0 aliphatic carbocycles. The zero-order chi connectivity index (χ0) is 6.97. The minimum atomic E-state index is 0.944. The normalized spacial score (nSPS) is 10.4. The van der Waals surface area contributed by atoms with E-state index >= 15 is 0 Å². The molecule has 0 aromatic carbocycles. The topological polar surface area (TPSA) is 22.2 Å². The van der Waals surface area contributed by atoms with Crippen LogP contribution in [0, 0.1) is 0 Å². The Kier molecular flexibility index (Phi) is 0.917. The van der Waals surface area contributed by atoms with Gasteiger partial charge in [0.2, 0.25) is 0 Å². The Hall–Kier alpha value is -1.51. The number of rotatable bonds is 1. The van der Waals surface area contributed by atoms with Gasteiger partial charge >= 0.3 is 0 Å². The van der Waals surface area contributed by atoms with Crippen molar-refractivity contribution in [2.45, 2.75) is 0 Å². The Morgan fingerprint density at radius 3 is 3.20 bits per heavy atom. The number of fused-ring (bicyclic) bond motifs is 1. The van der Waals surface area contributed by atoms with Crippen LogP contribution in [-0.4, -0.2) is 14.2 Å². The Bertz CT molecular complexity index is 355. The summed E-state index contributed by atoms with van der Waals surface area (Å²) in [7, 11) is 0. The summed E-state index contributed by atoms with van der Waals surface area (Å²) >= 11 is 0. The van der Waals surface area contributed by atoms with E-state index in [0.717, 1.165) is 5.65 Å². The van der Waals surface area contributed by atoms with Gasteiger partial charge in [-0.15, -0.1) is 0 Å². The highest BCUT2D eigenvalue weighted by atomic mass is 15.4. The predicted octanol–water partition coefficient (Wildman–Crippen LogP) is 1.24. The van der Waals surface area contributed by atoms with Crippen molar-refractivity contribution in [2.75, 3.05) is 0 Å². The largest absolute Gasteiger partial charge is 0.263 e. The van der Waals surface area contributed by atoms with Crippen molar-refractivity contribution in [3.63, 3.8) is 0 Å². The van der Waals surface area contributed by atoms with E-state index in [0.29, 0.717) is 0 Å². The molecule has 0 atom stereocenters. The van der Waals surface area contributed by atoms with Gasteiger partial charge < -0.3 is 0 Å². The second kappa shape index (κ2) is 1.73. The number of hydrogen-bond donors (Lipinski definition) is 0. The summed E-state index contributed by atoms with van der Waals surface area (Å²) in [4.78, 5) is 4.08. The zero-order valence-corrected chi connectivity index (χ0v) is 5.44. The molecule has 0 aliphatic heterocycles. The lowest BCUT2D eigenvalue weighted by Gasteiger charge is -1.92. The van der Waals surface area contributed by atoms with E-state index < -0.39 is 0 Å². The van der Waals surface area contributed by atoms with Gasteiger partial charge in [0, 0.05) is 30.9 Å². The van der Waals surface area contributed by atoms with Crippen LogP contribution in [0.5, 0.6) is 0 Å². The first kappa shape index (κ1) is 5.29. The van der Waals surface area contributed by atoms with Crippen LogP contribution < -0.4 is 0 Å². The van der Waals surface area contributed by atoms with Crippen molar-refractivity contribution in [2.24, 2.45) is 0 Å². The van der Waals surface area contributed by atoms with E-state index in [-0.39, 0.29) is 0 Å². The molecular formula is C7H7N3. The highest BCUT2D eigenvalue weighted by Crippen LogP contribution is 2.00. The zero-order valence-electron chi connectivity index (χ0n) is 5.44. The molecule has 2 aromatic heterocycles. The molecule has 0 fully saturated rings. The van der Waals surface area contributed by atoms with E-state index in [1.807, 2.05) is 27.7 Å². The summed E-state index contributed by atoms with van der Waals surface area (Å²) in [5.41, 5.74) is 0.944. The van der Waals surface area contributed by atoms with Crippen molar-refractivity contribution in [1.82, 2.24) is 14.2 Å². The highest BCUT2D eigenvalue weighted by molar-refractivity contribution is 5.38. The molecule has 0 N–H and O–H groups in total. The molecular weight excluding hydrogens is 126 g/mol. The van der Waals surface area contributed by atoms with E-state index in [9.17, 15) is 0 Å². The summed E-state index contributed by atoms with van der Waals surface area (Å²) in [5.74, 6) is 0. The smallest absolute Gasteiger partial charge is 0.153 e. The predicted molar refractivity (Wildman–Crippen MR) is 39.6 cm³/mol. The number of imidazole rings is 1. The van der Waals surface area contributed by atoms with Gasteiger partial charge in [-0.05, 0) is 0 Å². The molecule has 10 heavy (non-hydrogen) atoms. The van der Waals surface area contributed by atoms with Crippen LogP contribution in [0.15, 0.2) is 31.2 Å². The molecule has 2 aromatic rings. The van der Waals surface area contributed by atoms with Crippen LogP contribution in [0.3, 0.4) is 0 Å². The fourth-order valence-electron chi connectivity index (χ4n) is 0.987. The van der Waals surface area contributed by atoms with Crippen LogP contribution in [0.4, 0.5) is 0 Å². The van der Waals surface area contributed by atoms with Gasteiger partial charge in [0.1, 0.15) is 0 Å². The van der Waals surface area contributed by atoms with Crippen LogP contribution in [-0.2, 0) is 0 Å². The van der Waals surface area contributed by atoms with Crippen molar-refractivity contribution in [3.8, 4) is 0 Å². The minimum Gasteiger partial charge on any atom is -0.263 e. The molecule has 0 spiro atoms. The first-order valence-corrected chi connectivity index (χ1v) is 3.04. The summed E-state index contributed by atoms with van der Waals surface area (Å²) in [6, 6.07) is 1.93. The third kappa shape index (κ3) is 0.515. The lowest BCUT2D eigenvalue weighted by Crippen LogP contribution is -1.91. The first-order valence-electron chi connectivity index (χ1n) is 3.04. The lowest BCUT2D eigenvalue weighted by atomic mass is 10.7. The third-order valence-corrected chi connectivity index (χ3v) is 1.46. The third-order valence-electron chi connectivity index (χ3n) is 1.46. The molecule has 0 amide bonds. The monoisotopic (exact) mass is 133 g/mol. The number of aromatic nitrogens is 3. The average molecular weight is 133 g/mol. The maximum atomic E-state index is 4.08. The van der Waals surface area contributed by atoms with Crippen LogP contribution in [0.25, 0.3) is 11.8 Å². The lowest BCUT2D eigenvalue weighted by molar-refractivity contribution is 0.849. The second-order valence-corrected chi connectivity index (χ2v) is 2.01. The number of hydrogen-bond acceptors (Lipinski definition) is 1. The quantitative estimate of drug-likeness (QED) is 0.573. The molecule has 0 saturated carbocycles. The average Bonchev–Trinajstić information content (AvgIpc) is 2.44. The van der Waals surface area contributed by atoms with Gasteiger partial charge in [-0.3, -0.25) is 4.68 Å². The van der Waals surface area contributed by atoms with Gasteiger partial charge in [0.25, 0.3) is 0 Å². The number of nitrogens with zero attached hydrogens (tertiary/aromatic N) is 3. The Balaban J connectivity index is 2.88. The summed E-state index contributed by atoms with van der Waals surface area (Å²) in [6.07, 6.45) is 7.29. The molecule has 0 saturated heterocycles. The fraction of sp³-hybridized carbons (Fsp3) is 0. The second-order valence-electron chi connectivity index (χ2n) is 2.01. The molecule has 3 nitrogen and oxygen atoms in total. The molecule has 50 valence electrons. The Labute approximate surface area is 58.2 Å². The van der Waals surface area contributed by atoms with E-state index in [1.165, 1.54) is 0 Å². The van der Waals surface area contributed by atoms with E-state index in [2.05, 4.69) is 11.6 Å².